The van der Waals surface area contributed by atoms with E-state index in [0.717, 1.165) is 10.9 Å². The molecule has 3 aromatic rings. The van der Waals surface area contributed by atoms with Crippen molar-refractivity contribution in [2.75, 3.05) is 25.1 Å². The third-order valence-corrected chi connectivity index (χ3v) is 6.66. The number of sulfonamides is 1. The number of pyridine rings is 1. The number of rotatable bonds is 4. The minimum Gasteiger partial charge on any atom is -0.497 e. The number of halogens is 1. The number of aromatic nitrogens is 1. The Hall–Kier alpha value is -2.51. The Kier molecular flexibility index (Phi) is 4.36. The van der Waals surface area contributed by atoms with Crippen LogP contribution in [0, 0.1) is 0 Å². The van der Waals surface area contributed by atoms with Gasteiger partial charge in [-0.25, -0.2) is 17.7 Å². The second kappa shape index (κ2) is 6.58. The average Bonchev–Trinajstić information content (AvgIpc) is 3.09. The van der Waals surface area contributed by atoms with E-state index in [1.165, 1.54) is 24.6 Å². The normalized spacial score (nSPS) is 13.7. The molecule has 0 unspecified atom stereocenters. The fraction of sp³-hybridized carbons (Fsp3) is 0.211. The molecule has 0 aliphatic carbocycles. The van der Waals surface area contributed by atoms with Gasteiger partial charge in [0.25, 0.3) is 10.0 Å². The maximum Gasteiger partial charge on any atom is 0.269 e. The highest BCUT2D eigenvalue weighted by molar-refractivity contribution is 7.93. The van der Waals surface area contributed by atoms with Gasteiger partial charge in [-0.05, 0) is 48.4 Å². The Morgan fingerprint density at radius 3 is 2.63 bits per heavy atom. The zero-order valence-corrected chi connectivity index (χ0v) is 16.3. The Labute approximate surface area is 162 Å². The van der Waals surface area contributed by atoms with E-state index in [9.17, 15) is 8.42 Å². The van der Waals surface area contributed by atoms with Gasteiger partial charge in [-0.2, -0.15) is 0 Å². The van der Waals surface area contributed by atoms with Crippen molar-refractivity contribution in [3.05, 3.63) is 53.1 Å². The van der Waals surface area contributed by atoms with Crippen molar-refractivity contribution in [2.24, 2.45) is 0 Å². The molecule has 1 aliphatic rings. The third-order valence-electron chi connectivity index (χ3n) is 4.59. The lowest BCUT2D eigenvalue weighted by Gasteiger charge is -2.20. The van der Waals surface area contributed by atoms with Gasteiger partial charge in [-0.3, -0.25) is 0 Å². The number of hydrogen-bond donors (Lipinski definition) is 0. The smallest absolute Gasteiger partial charge is 0.269 e. The summed E-state index contributed by atoms with van der Waals surface area (Å²) in [4.78, 5) is 4.66. The molecule has 0 saturated heterocycles. The number of fused-ring (bicyclic) bond motifs is 2. The van der Waals surface area contributed by atoms with Gasteiger partial charge in [0.15, 0.2) is 0 Å². The molecule has 0 amide bonds. The predicted molar refractivity (Wildman–Crippen MR) is 105 cm³/mol. The maximum absolute atomic E-state index is 13.3. The van der Waals surface area contributed by atoms with Gasteiger partial charge in [0.05, 0.1) is 19.7 Å². The molecule has 0 atom stereocenters. The SMILES string of the molecule is COc1ccc(S(=O)(=O)N2CCc3cc4cc(Cl)ccc4nc32)c(OC)c1. The van der Waals surface area contributed by atoms with Crippen molar-refractivity contribution >= 4 is 38.3 Å². The molecule has 4 rings (SSSR count). The fourth-order valence-corrected chi connectivity index (χ4v) is 5.02. The Morgan fingerprint density at radius 1 is 1.07 bits per heavy atom. The van der Waals surface area contributed by atoms with E-state index in [0.29, 0.717) is 35.1 Å². The first-order valence-corrected chi connectivity index (χ1v) is 10.1. The van der Waals surface area contributed by atoms with Crippen LogP contribution in [0.2, 0.25) is 5.02 Å². The summed E-state index contributed by atoms with van der Waals surface area (Å²) >= 11 is 6.05. The highest BCUT2D eigenvalue weighted by Crippen LogP contribution is 2.37. The zero-order chi connectivity index (χ0) is 19.2. The molecule has 0 N–H and O–H groups in total. The second-order valence-corrected chi connectivity index (χ2v) is 8.42. The van der Waals surface area contributed by atoms with E-state index in [4.69, 9.17) is 21.1 Å². The molecule has 27 heavy (non-hydrogen) atoms. The van der Waals surface area contributed by atoms with E-state index in [-0.39, 0.29) is 10.6 Å². The van der Waals surface area contributed by atoms with E-state index in [1.54, 1.807) is 24.3 Å². The van der Waals surface area contributed by atoms with E-state index in [1.807, 2.05) is 12.1 Å². The Bertz CT molecular complexity index is 1150. The Balaban J connectivity index is 1.83. The summed E-state index contributed by atoms with van der Waals surface area (Å²) in [6.45, 7) is 0.323. The van der Waals surface area contributed by atoms with Crippen LogP contribution in [0.25, 0.3) is 10.9 Å². The first-order valence-electron chi connectivity index (χ1n) is 8.28. The van der Waals surface area contributed by atoms with Crippen LogP contribution < -0.4 is 13.8 Å². The summed E-state index contributed by atoms with van der Waals surface area (Å²) in [6, 6.07) is 11.9. The third kappa shape index (κ3) is 2.96. The molecule has 2 aromatic carbocycles. The lowest BCUT2D eigenvalue weighted by molar-refractivity contribution is 0.386. The lowest BCUT2D eigenvalue weighted by atomic mass is 10.1. The van der Waals surface area contributed by atoms with E-state index in [2.05, 4.69) is 4.98 Å². The summed E-state index contributed by atoms with van der Waals surface area (Å²) in [5, 5.41) is 1.51. The molecule has 8 heteroatoms. The molecule has 0 fully saturated rings. The van der Waals surface area contributed by atoms with Crippen molar-refractivity contribution in [3.8, 4) is 11.5 Å². The summed E-state index contributed by atoms with van der Waals surface area (Å²) < 4.78 is 38.4. The molecular formula is C19H17ClN2O4S. The molecule has 2 heterocycles. The minimum absolute atomic E-state index is 0.0802. The van der Waals surface area contributed by atoms with Crippen LogP contribution >= 0.6 is 11.6 Å². The molecule has 1 aliphatic heterocycles. The lowest BCUT2D eigenvalue weighted by Crippen LogP contribution is -2.30. The van der Waals surface area contributed by atoms with Crippen molar-refractivity contribution in [1.29, 1.82) is 0 Å². The minimum atomic E-state index is -3.83. The monoisotopic (exact) mass is 404 g/mol. The van der Waals surface area contributed by atoms with Crippen LogP contribution in [-0.4, -0.2) is 34.2 Å². The Morgan fingerprint density at radius 2 is 1.89 bits per heavy atom. The van der Waals surface area contributed by atoms with Crippen LogP contribution in [0.3, 0.4) is 0 Å². The van der Waals surface area contributed by atoms with Crippen LogP contribution in [-0.2, 0) is 16.4 Å². The standard InChI is InChI=1S/C19H17ClN2O4S/c1-25-15-4-6-18(17(11-15)26-2)27(23,24)22-8-7-12-9-13-10-14(20)3-5-16(13)21-19(12)22/h3-6,9-11H,7-8H2,1-2H3. The molecule has 0 saturated carbocycles. The first kappa shape index (κ1) is 17.9. The van der Waals surface area contributed by atoms with Crippen molar-refractivity contribution in [2.45, 2.75) is 11.3 Å². The largest absolute Gasteiger partial charge is 0.497 e. The number of methoxy groups -OCH3 is 2. The highest BCUT2D eigenvalue weighted by Gasteiger charge is 2.34. The van der Waals surface area contributed by atoms with Gasteiger partial charge in [-0.1, -0.05) is 11.6 Å². The van der Waals surface area contributed by atoms with Gasteiger partial charge in [-0.15, -0.1) is 0 Å². The average molecular weight is 405 g/mol. The van der Waals surface area contributed by atoms with Crippen LogP contribution in [0.1, 0.15) is 5.56 Å². The van der Waals surface area contributed by atoms with Crippen LogP contribution in [0.5, 0.6) is 11.5 Å². The number of hydrogen-bond acceptors (Lipinski definition) is 5. The van der Waals surface area contributed by atoms with Gasteiger partial charge in [0.2, 0.25) is 0 Å². The van der Waals surface area contributed by atoms with Gasteiger partial charge in [0, 0.05) is 23.0 Å². The first-order chi connectivity index (χ1) is 12.9. The second-order valence-electron chi connectivity index (χ2n) is 6.15. The van der Waals surface area contributed by atoms with Gasteiger partial charge < -0.3 is 9.47 Å². The summed E-state index contributed by atoms with van der Waals surface area (Å²) in [7, 11) is -0.886. The molecule has 6 nitrogen and oxygen atoms in total. The quantitative estimate of drug-likeness (QED) is 0.663. The van der Waals surface area contributed by atoms with Crippen molar-refractivity contribution in [3.63, 3.8) is 0 Å². The molecular weight excluding hydrogens is 388 g/mol. The summed E-state index contributed by atoms with van der Waals surface area (Å²) in [6.07, 6.45) is 0.586. The molecule has 0 spiro atoms. The van der Waals surface area contributed by atoms with Crippen LogP contribution in [0.4, 0.5) is 5.82 Å². The number of benzene rings is 2. The number of nitrogens with zero attached hydrogens (tertiary/aromatic N) is 2. The van der Waals surface area contributed by atoms with Crippen LogP contribution in [0.15, 0.2) is 47.4 Å². The van der Waals surface area contributed by atoms with Crippen molar-refractivity contribution < 1.29 is 17.9 Å². The summed E-state index contributed by atoms with van der Waals surface area (Å²) in [5.74, 6) is 1.20. The van der Waals surface area contributed by atoms with Gasteiger partial charge >= 0.3 is 0 Å². The number of anilines is 1. The number of ether oxygens (including phenoxy) is 2. The van der Waals surface area contributed by atoms with Crippen molar-refractivity contribution in [1.82, 2.24) is 4.98 Å². The molecule has 140 valence electrons. The van der Waals surface area contributed by atoms with Gasteiger partial charge in [0.1, 0.15) is 22.2 Å². The maximum atomic E-state index is 13.3. The zero-order valence-electron chi connectivity index (χ0n) is 14.8. The highest BCUT2D eigenvalue weighted by atomic mass is 35.5. The summed E-state index contributed by atoms with van der Waals surface area (Å²) in [5.41, 5.74) is 1.57. The fourth-order valence-electron chi connectivity index (χ4n) is 3.25. The van der Waals surface area contributed by atoms with E-state index < -0.39 is 10.0 Å². The molecule has 1 aromatic heterocycles. The predicted octanol–water partition coefficient (Wildman–Crippen LogP) is 3.66. The molecule has 0 radical (unpaired) electrons. The topological polar surface area (TPSA) is 68.7 Å². The molecule has 0 bridgehead atoms. The van der Waals surface area contributed by atoms with E-state index >= 15 is 0 Å².